The highest BCUT2D eigenvalue weighted by molar-refractivity contribution is 7.09. The van der Waals surface area contributed by atoms with Gasteiger partial charge in [-0.2, -0.15) is 0 Å². The molecule has 2 rings (SSSR count). The number of methoxy groups -OCH3 is 1. The van der Waals surface area contributed by atoms with Crippen molar-refractivity contribution in [2.75, 3.05) is 13.7 Å². The van der Waals surface area contributed by atoms with Gasteiger partial charge in [0.1, 0.15) is 0 Å². The molecule has 0 unspecified atom stereocenters. The van der Waals surface area contributed by atoms with E-state index in [2.05, 4.69) is 20.7 Å². The number of ether oxygens (including phenoxy) is 1. The summed E-state index contributed by atoms with van der Waals surface area (Å²) >= 11 is 1.70. The molecule has 0 aliphatic rings. The Hall–Kier alpha value is -2.08. The molecule has 5 nitrogen and oxygen atoms in total. The molecular weight excluding hydrogens is 300 g/mol. The Morgan fingerprint density at radius 2 is 2.14 bits per heavy atom. The van der Waals surface area contributed by atoms with Crippen LogP contribution < -0.4 is 5.32 Å². The molecule has 6 heteroatoms. The molecule has 0 saturated carbocycles. The van der Waals surface area contributed by atoms with Gasteiger partial charge in [-0.3, -0.25) is 9.59 Å². The highest BCUT2D eigenvalue weighted by Crippen LogP contribution is 2.19. The molecule has 1 amide bonds. The molecule has 0 atom stereocenters. The van der Waals surface area contributed by atoms with Crippen molar-refractivity contribution in [1.82, 2.24) is 9.88 Å². The van der Waals surface area contributed by atoms with Crippen LogP contribution in [-0.2, 0) is 16.1 Å². The Kier molecular flexibility index (Phi) is 5.38. The van der Waals surface area contributed by atoms with Crippen molar-refractivity contribution in [1.29, 1.82) is 0 Å². The largest absolute Gasteiger partial charge is 0.469 e. The number of carbonyl (C=O) groups excluding carboxylic acids is 2. The van der Waals surface area contributed by atoms with Crippen LogP contribution in [0.3, 0.4) is 0 Å². The van der Waals surface area contributed by atoms with Gasteiger partial charge >= 0.3 is 5.97 Å². The molecule has 0 radical (unpaired) electrons. The molecular formula is C16H20N2O3S. The number of amides is 1. The van der Waals surface area contributed by atoms with Crippen LogP contribution in [0.5, 0.6) is 0 Å². The highest BCUT2D eigenvalue weighted by atomic mass is 32.1. The summed E-state index contributed by atoms with van der Waals surface area (Å²) in [6, 6.07) is 5.99. The summed E-state index contributed by atoms with van der Waals surface area (Å²) < 4.78 is 6.68. The summed E-state index contributed by atoms with van der Waals surface area (Å²) in [5.74, 6) is -0.488. The minimum absolute atomic E-state index is 0.158. The van der Waals surface area contributed by atoms with Gasteiger partial charge in [0.25, 0.3) is 5.91 Å². The fourth-order valence-electron chi connectivity index (χ4n) is 2.31. The third kappa shape index (κ3) is 3.76. The first-order valence-corrected chi connectivity index (χ1v) is 7.95. The van der Waals surface area contributed by atoms with E-state index in [-0.39, 0.29) is 24.8 Å². The second kappa shape index (κ2) is 7.26. The number of thiophene rings is 1. The number of esters is 1. The van der Waals surface area contributed by atoms with Gasteiger partial charge in [-0.05, 0) is 31.4 Å². The number of aromatic nitrogens is 1. The van der Waals surface area contributed by atoms with Crippen LogP contribution >= 0.6 is 11.3 Å². The minimum Gasteiger partial charge on any atom is -0.469 e. The Morgan fingerprint density at radius 1 is 1.36 bits per heavy atom. The van der Waals surface area contributed by atoms with Crippen molar-refractivity contribution in [2.24, 2.45) is 0 Å². The zero-order valence-electron chi connectivity index (χ0n) is 13.0. The maximum absolute atomic E-state index is 12.2. The summed E-state index contributed by atoms with van der Waals surface area (Å²) in [4.78, 5) is 24.5. The predicted molar refractivity (Wildman–Crippen MR) is 86.3 cm³/mol. The van der Waals surface area contributed by atoms with E-state index in [1.165, 1.54) is 12.0 Å². The predicted octanol–water partition coefficient (Wildman–Crippen LogP) is 2.51. The van der Waals surface area contributed by atoms with Crippen LogP contribution in [0.4, 0.5) is 0 Å². The van der Waals surface area contributed by atoms with Crippen LogP contribution in [0, 0.1) is 13.8 Å². The number of hydrogen-bond acceptors (Lipinski definition) is 4. The molecule has 0 aliphatic heterocycles. The monoisotopic (exact) mass is 320 g/mol. The normalized spacial score (nSPS) is 10.5. The number of carbonyl (C=O) groups is 2. The van der Waals surface area contributed by atoms with Crippen molar-refractivity contribution in [3.05, 3.63) is 45.4 Å². The molecule has 0 aliphatic carbocycles. The molecule has 22 heavy (non-hydrogen) atoms. The molecule has 0 saturated heterocycles. The second-order valence-corrected chi connectivity index (χ2v) is 6.06. The van der Waals surface area contributed by atoms with Crippen LogP contribution in [0.1, 0.15) is 33.0 Å². The van der Waals surface area contributed by atoms with Gasteiger partial charge in [0.05, 0.1) is 25.6 Å². The van der Waals surface area contributed by atoms with E-state index in [9.17, 15) is 9.59 Å². The quantitative estimate of drug-likeness (QED) is 0.832. The molecule has 2 heterocycles. The van der Waals surface area contributed by atoms with Gasteiger partial charge in [0, 0.05) is 22.8 Å². The van der Waals surface area contributed by atoms with E-state index in [0.29, 0.717) is 5.56 Å². The molecule has 0 aromatic carbocycles. The van der Waals surface area contributed by atoms with Crippen molar-refractivity contribution in [3.63, 3.8) is 0 Å². The highest BCUT2D eigenvalue weighted by Gasteiger charge is 2.16. The summed E-state index contributed by atoms with van der Waals surface area (Å²) in [6.45, 7) is 4.98. The van der Waals surface area contributed by atoms with Crippen LogP contribution in [-0.4, -0.2) is 30.1 Å². The molecule has 2 aromatic rings. The summed E-state index contributed by atoms with van der Waals surface area (Å²) in [5, 5.41) is 4.80. The number of rotatable bonds is 6. The van der Waals surface area contributed by atoms with Gasteiger partial charge in [0.2, 0.25) is 0 Å². The Balaban J connectivity index is 2.05. The van der Waals surface area contributed by atoms with E-state index in [4.69, 9.17) is 0 Å². The molecule has 1 N–H and O–H groups in total. The van der Waals surface area contributed by atoms with Gasteiger partial charge in [-0.15, -0.1) is 11.3 Å². The maximum Gasteiger partial charge on any atom is 0.307 e. The molecule has 2 aromatic heterocycles. The first-order valence-electron chi connectivity index (χ1n) is 7.07. The van der Waals surface area contributed by atoms with Crippen molar-refractivity contribution in [2.45, 2.75) is 26.8 Å². The Morgan fingerprint density at radius 3 is 2.77 bits per heavy atom. The molecule has 118 valence electrons. The zero-order chi connectivity index (χ0) is 16.1. The summed E-state index contributed by atoms with van der Waals surface area (Å²) in [5.41, 5.74) is 2.63. The number of nitrogens with zero attached hydrogens (tertiary/aromatic N) is 1. The van der Waals surface area contributed by atoms with Gasteiger partial charge in [0.15, 0.2) is 0 Å². The number of nitrogens with one attached hydrogen (secondary N) is 1. The standard InChI is InChI=1S/C16H20N2O3S/c1-11-9-14(16(20)17-7-6-15(19)21-3)12(2)18(11)10-13-5-4-8-22-13/h4-5,8-9H,6-7,10H2,1-3H3,(H,17,20). The van der Waals surface area contributed by atoms with Crippen LogP contribution in [0.15, 0.2) is 23.6 Å². The van der Waals surface area contributed by atoms with Gasteiger partial charge in [-0.25, -0.2) is 0 Å². The lowest BCUT2D eigenvalue weighted by atomic mass is 10.2. The number of aryl methyl sites for hydroxylation is 1. The summed E-state index contributed by atoms with van der Waals surface area (Å²) in [6.07, 6.45) is 0.177. The van der Waals surface area contributed by atoms with E-state index in [0.717, 1.165) is 17.9 Å². The number of hydrogen-bond donors (Lipinski definition) is 1. The topological polar surface area (TPSA) is 60.3 Å². The lowest BCUT2D eigenvalue weighted by Crippen LogP contribution is -2.26. The molecule has 0 spiro atoms. The van der Waals surface area contributed by atoms with E-state index >= 15 is 0 Å². The minimum atomic E-state index is -0.330. The summed E-state index contributed by atoms with van der Waals surface area (Å²) in [7, 11) is 1.34. The fraction of sp³-hybridized carbons (Fsp3) is 0.375. The third-order valence-corrected chi connectivity index (χ3v) is 4.42. The molecule has 0 bridgehead atoms. The van der Waals surface area contributed by atoms with Gasteiger partial charge in [-0.1, -0.05) is 6.07 Å². The first-order chi connectivity index (χ1) is 10.5. The fourth-order valence-corrected chi connectivity index (χ4v) is 3.00. The van der Waals surface area contributed by atoms with E-state index < -0.39 is 0 Å². The van der Waals surface area contributed by atoms with Gasteiger partial charge < -0.3 is 14.6 Å². The Bertz CT molecular complexity index is 659. The van der Waals surface area contributed by atoms with Crippen molar-refractivity contribution < 1.29 is 14.3 Å². The van der Waals surface area contributed by atoms with E-state index in [1.807, 2.05) is 31.4 Å². The zero-order valence-corrected chi connectivity index (χ0v) is 13.8. The second-order valence-electron chi connectivity index (χ2n) is 5.03. The average Bonchev–Trinajstić information content (AvgIpc) is 3.10. The smallest absolute Gasteiger partial charge is 0.307 e. The Labute approximate surface area is 133 Å². The van der Waals surface area contributed by atoms with Crippen molar-refractivity contribution in [3.8, 4) is 0 Å². The SMILES string of the molecule is COC(=O)CCNC(=O)c1cc(C)n(Cc2cccs2)c1C. The van der Waals surface area contributed by atoms with Crippen molar-refractivity contribution >= 4 is 23.2 Å². The lowest BCUT2D eigenvalue weighted by molar-refractivity contribution is -0.140. The van der Waals surface area contributed by atoms with Crippen LogP contribution in [0.25, 0.3) is 0 Å². The average molecular weight is 320 g/mol. The lowest BCUT2D eigenvalue weighted by Gasteiger charge is -2.08. The molecule has 0 fully saturated rings. The van der Waals surface area contributed by atoms with E-state index in [1.54, 1.807) is 11.3 Å². The maximum atomic E-state index is 12.2. The third-order valence-electron chi connectivity index (χ3n) is 3.55. The van der Waals surface area contributed by atoms with Crippen LogP contribution in [0.2, 0.25) is 0 Å². The first kappa shape index (κ1) is 16.3.